The molecule has 1 aliphatic heterocycles. The van der Waals surface area contributed by atoms with Crippen LogP contribution < -0.4 is 5.32 Å². The Morgan fingerprint density at radius 2 is 2.08 bits per heavy atom. The Kier molecular flexibility index (Phi) is 4.78. The molecule has 1 unspecified atom stereocenters. The normalized spacial score (nSPS) is 21.2. The predicted octanol–water partition coefficient (Wildman–Crippen LogP) is 2.47. The van der Waals surface area contributed by atoms with Gasteiger partial charge >= 0.3 is 0 Å². The van der Waals surface area contributed by atoms with Gasteiger partial charge in [0.25, 0.3) is 0 Å². The van der Waals surface area contributed by atoms with Gasteiger partial charge in [-0.2, -0.15) is 4.98 Å². The van der Waals surface area contributed by atoms with Crippen LogP contribution in [0.25, 0.3) is 11.4 Å². The minimum absolute atomic E-state index is 0.0732. The van der Waals surface area contributed by atoms with Crippen molar-refractivity contribution in [2.24, 2.45) is 11.8 Å². The van der Waals surface area contributed by atoms with E-state index in [4.69, 9.17) is 4.52 Å². The third-order valence-electron chi connectivity index (χ3n) is 5.00. The highest BCUT2D eigenvalue weighted by atomic mass is 16.5. The SMILES string of the molecule is O=C(NCC1CC1)C1CCCN(Cc2nc(-c3ccccc3)no2)C1. The van der Waals surface area contributed by atoms with Gasteiger partial charge in [-0.3, -0.25) is 9.69 Å². The summed E-state index contributed by atoms with van der Waals surface area (Å²) < 4.78 is 5.40. The van der Waals surface area contributed by atoms with Gasteiger partial charge in [0.15, 0.2) is 0 Å². The van der Waals surface area contributed by atoms with Crippen molar-refractivity contribution in [3.8, 4) is 11.4 Å². The van der Waals surface area contributed by atoms with E-state index in [-0.39, 0.29) is 11.8 Å². The van der Waals surface area contributed by atoms with Crippen molar-refractivity contribution in [2.45, 2.75) is 32.2 Å². The van der Waals surface area contributed by atoms with E-state index >= 15 is 0 Å². The van der Waals surface area contributed by atoms with E-state index in [1.165, 1.54) is 12.8 Å². The first-order chi connectivity index (χ1) is 12.3. The minimum atomic E-state index is 0.0732. The molecule has 1 aromatic carbocycles. The standard InChI is InChI=1S/C19H24N4O2/c24-19(20-11-14-8-9-14)16-7-4-10-23(12-16)13-17-21-18(22-25-17)15-5-2-1-3-6-15/h1-3,5-6,14,16H,4,7-13H2,(H,20,24). The summed E-state index contributed by atoms with van der Waals surface area (Å²) in [5.74, 6) is 2.22. The smallest absolute Gasteiger partial charge is 0.241 e. The molecule has 1 aromatic heterocycles. The van der Waals surface area contributed by atoms with Crippen molar-refractivity contribution in [1.29, 1.82) is 0 Å². The third-order valence-corrected chi connectivity index (χ3v) is 5.00. The third kappa shape index (κ3) is 4.25. The molecule has 1 N–H and O–H groups in total. The summed E-state index contributed by atoms with van der Waals surface area (Å²) in [6.07, 6.45) is 4.52. The van der Waals surface area contributed by atoms with Crippen LogP contribution in [0, 0.1) is 11.8 Å². The number of piperidine rings is 1. The number of benzene rings is 1. The summed E-state index contributed by atoms with van der Waals surface area (Å²) >= 11 is 0. The van der Waals surface area contributed by atoms with Gasteiger partial charge in [0.05, 0.1) is 12.5 Å². The van der Waals surface area contributed by atoms with Crippen molar-refractivity contribution in [3.05, 3.63) is 36.2 Å². The first-order valence-electron chi connectivity index (χ1n) is 9.16. The zero-order valence-corrected chi connectivity index (χ0v) is 14.4. The number of hydrogen-bond donors (Lipinski definition) is 1. The summed E-state index contributed by atoms with van der Waals surface area (Å²) in [7, 11) is 0. The summed E-state index contributed by atoms with van der Waals surface area (Å²) in [5, 5.41) is 7.18. The molecule has 0 spiro atoms. The molecule has 1 atom stereocenters. The van der Waals surface area contributed by atoms with Crippen LogP contribution in [0.15, 0.2) is 34.9 Å². The maximum Gasteiger partial charge on any atom is 0.241 e. The van der Waals surface area contributed by atoms with Crippen LogP contribution in [0.2, 0.25) is 0 Å². The number of amides is 1. The number of hydrogen-bond acceptors (Lipinski definition) is 5. The molecule has 1 saturated heterocycles. The monoisotopic (exact) mass is 340 g/mol. The van der Waals surface area contributed by atoms with E-state index < -0.39 is 0 Å². The van der Waals surface area contributed by atoms with Gasteiger partial charge < -0.3 is 9.84 Å². The van der Waals surface area contributed by atoms with E-state index in [1.54, 1.807) is 0 Å². The first kappa shape index (κ1) is 16.3. The molecular formula is C19H24N4O2. The number of nitrogens with one attached hydrogen (secondary N) is 1. The van der Waals surface area contributed by atoms with Crippen LogP contribution >= 0.6 is 0 Å². The van der Waals surface area contributed by atoms with Crippen molar-refractivity contribution < 1.29 is 9.32 Å². The molecular weight excluding hydrogens is 316 g/mol. The molecule has 132 valence electrons. The summed E-state index contributed by atoms with van der Waals surface area (Å²) in [6, 6.07) is 9.82. The quantitative estimate of drug-likeness (QED) is 0.875. The molecule has 0 radical (unpaired) electrons. The number of rotatable bonds is 6. The number of aromatic nitrogens is 2. The van der Waals surface area contributed by atoms with E-state index in [1.807, 2.05) is 30.3 Å². The predicted molar refractivity (Wildman–Crippen MR) is 93.5 cm³/mol. The minimum Gasteiger partial charge on any atom is -0.356 e. The Bertz CT molecular complexity index is 711. The molecule has 6 nitrogen and oxygen atoms in total. The highest BCUT2D eigenvalue weighted by Gasteiger charge is 2.28. The molecule has 6 heteroatoms. The van der Waals surface area contributed by atoms with E-state index in [9.17, 15) is 4.79 Å². The van der Waals surface area contributed by atoms with Gasteiger partial charge in [-0.25, -0.2) is 0 Å². The van der Waals surface area contributed by atoms with Crippen LogP contribution in [-0.2, 0) is 11.3 Å². The molecule has 0 bridgehead atoms. The number of carbonyl (C=O) groups is 1. The highest BCUT2D eigenvalue weighted by Crippen LogP contribution is 2.28. The molecule has 2 aromatic rings. The Labute approximate surface area is 147 Å². The van der Waals surface area contributed by atoms with Crippen LogP contribution in [0.5, 0.6) is 0 Å². The van der Waals surface area contributed by atoms with Crippen LogP contribution in [0.1, 0.15) is 31.6 Å². The van der Waals surface area contributed by atoms with E-state index in [0.717, 1.165) is 44.0 Å². The average Bonchev–Trinajstić information content (AvgIpc) is 3.38. The molecule has 2 heterocycles. The average molecular weight is 340 g/mol. The Hall–Kier alpha value is -2.21. The van der Waals surface area contributed by atoms with E-state index in [0.29, 0.717) is 18.3 Å². The highest BCUT2D eigenvalue weighted by molar-refractivity contribution is 5.79. The lowest BCUT2D eigenvalue weighted by Gasteiger charge is -2.30. The summed E-state index contributed by atoms with van der Waals surface area (Å²) in [5.41, 5.74) is 0.952. The van der Waals surface area contributed by atoms with Crippen molar-refractivity contribution in [1.82, 2.24) is 20.4 Å². The van der Waals surface area contributed by atoms with Gasteiger partial charge in [-0.05, 0) is 38.1 Å². The lowest BCUT2D eigenvalue weighted by molar-refractivity contribution is -0.126. The van der Waals surface area contributed by atoms with Crippen molar-refractivity contribution in [3.63, 3.8) is 0 Å². The zero-order chi connectivity index (χ0) is 17.1. The fraction of sp³-hybridized carbons (Fsp3) is 0.526. The molecule has 1 amide bonds. The second-order valence-corrected chi connectivity index (χ2v) is 7.14. The fourth-order valence-electron chi connectivity index (χ4n) is 3.34. The fourth-order valence-corrected chi connectivity index (χ4v) is 3.34. The van der Waals surface area contributed by atoms with Crippen molar-refractivity contribution >= 4 is 5.91 Å². The Morgan fingerprint density at radius 1 is 1.24 bits per heavy atom. The second kappa shape index (κ2) is 7.35. The lowest BCUT2D eigenvalue weighted by atomic mass is 9.97. The number of likely N-dealkylation sites (tertiary alicyclic amines) is 1. The molecule has 2 fully saturated rings. The molecule has 1 aliphatic carbocycles. The summed E-state index contributed by atoms with van der Waals surface area (Å²) in [6.45, 7) is 3.18. The Morgan fingerprint density at radius 3 is 2.88 bits per heavy atom. The van der Waals surface area contributed by atoms with Gasteiger partial charge in [-0.1, -0.05) is 35.5 Å². The molecule has 1 saturated carbocycles. The van der Waals surface area contributed by atoms with Gasteiger partial charge in [0.2, 0.25) is 17.6 Å². The van der Waals surface area contributed by atoms with Crippen LogP contribution in [-0.4, -0.2) is 40.6 Å². The van der Waals surface area contributed by atoms with Crippen LogP contribution in [0.3, 0.4) is 0 Å². The first-order valence-corrected chi connectivity index (χ1v) is 9.16. The van der Waals surface area contributed by atoms with Crippen LogP contribution in [0.4, 0.5) is 0 Å². The lowest BCUT2D eigenvalue weighted by Crippen LogP contribution is -2.43. The molecule has 4 rings (SSSR count). The topological polar surface area (TPSA) is 71.3 Å². The number of nitrogens with zero attached hydrogens (tertiary/aromatic N) is 3. The largest absolute Gasteiger partial charge is 0.356 e. The summed E-state index contributed by atoms with van der Waals surface area (Å²) in [4.78, 5) is 19.1. The van der Waals surface area contributed by atoms with Gasteiger partial charge in [0, 0.05) is 18.7 Å². The van der Waals surface area contributed by atoms with Gasteiger partial charge in [-0.15, -0.1) is 0 Å². The van der Waals surface area contributed by atoms with Crippen molar-refractivity contribution in [2.75, 3.05) is 19.6 Å². The number of carbonyl (C=O) groups excluding carboxylic acids is 1. The maximum atomic E-state index is 12.3. The second-order valence-electron chi connectivity index (χ2n) is 7.14. The zero-order valence-electron chi connectivity index (χ0n) is 14.4. The van der Waals surface area contributed by atoms with Gasteiger partial charge in [0.1, 0.15) is 0 Å². The molecule has 25 heavy (non-hydrogen) atoms. The Balaban J connectivity index is 1.32. The molecule has 2 aliphatic rings. The van der Waals surface area contributed by atoms with E-state index in [2.05, 4.69) is 20.4 Å². The maximum absolute atomic E-state index is 12.3.